The van der Waals surface area contributed by atoms with E-state index in [1.807, 2.05) is 17.5 Å². The Bertz CT molecular complexity index is 794. The summed E-state index contributed by atoms with van der Waals surface area (Å²) in [6.45, 7) is 0. The van der Waals surface area contributed by atoms with Gasteiger partial charge in [-0.05, 0) is 39.5 Å². The van der Waals surface area contributed by atoms with Gasteiger partial charge in [-0.2, -0.15) is 0 Å². The number of thiophene rings is 1. The third-order valence-corrected chi connectivity index (χ3v) is 4.83. The molecule has 0 aliphatic carbocycles. The largest absolute Gasteiger partial charge is 0.294 e. The molecule has 0 saturated carbocycles. The molecular formula is C16H10BrFOS. The van der Waals surface area contributed by atoms with E-state index in [2.05, 4.69) is 15.9 Å². The molecule has 20 heavy (non-hydrogen) atoms. The molecule has 0 N–H and O–H groups in total. The molecule has 100 valence electrons. The second-order valence-electron chi connectivity index (χ2n) is 4.47. The number of Topliss-reactive ketones (excluding diaryl/α,β-unsaturated/α-hetero) is 1. The summed E-state index contributed by atoms with van der Waals surface area (Å²) in [5.74, 6) is -0.286. The van der Waals surface area contributed by atoms with Crippen molar-refractivity contribution in [2.75, 3.05) is 0 Å². The molecule has 0 spiro atoms. The van der Waals surface area contributed by atoms with Crippen LogP contribution in [0.15, 0.2) is 52.3 Å². The second kappa shape index (κ2) is 5.46. The molecule has 2 aromatic carbocycles. The third kappa shape index (κ3) is 2.53. The topological polar surface area (TPSA) is 17.1 Å². The zero-order valence-electron chi connectivity index (χ0n) is 10.4. The molecule has 0 fully saturated rings. The van der Waals surface area contributed by atoms with Crippen molar-refractivity contribution in [2.45, 2.75) is 6.42 Å². The van der Waals surface area contributed by atoms with E-state index < -0.39 is 0 Å². The third-order valence-electron chi connectivity index (χ3n) is 3.13. The number of ketones is 1. The van der Waals surface area contributed by atoms with Gasteiger partial charge in [-0.15, -0.1) is 11.3 Å². The second-order valence-corrected chi connectivity index (χ2v) is 6.38. The van der Waals surface area contributed by atoms with E-state index in [9.17, 15) is 9.18 Å². The number of hydrogen-bond acceptors (Lipinski definition) is 2. The van der Waals surface area contributed by atoms with Crippen LogP contribution in [-0.4, -0.2) is 5.78 Å². The van der Waals surface area contributed by atoms with Crippen LogP contribution in [0.1, 0.15) is 15.2 Å². The lowest BCUT2D eigenvalue weighted by Crippen LogP contribution is -2.03. The van der Waals surface area contributed by atoms with Gasteiger partial charge in [0.05, 0.1) is 0 Å². The number of carbonyl (C=O) groups is 1. The van der Waals surface area contributed by atoms with Crippen molar-refractivity contribution < 1.29 is 9.18 Å². The highest BCUT2D eigenvalue weighted by molar-refractivity contribution is 9.10. The Hall–Kier alpha value is -1.52. The number of hydrogen-bond donors (Lipinski definition) is 0. The fourth-order valence-electron chi connectivity index (χ4n) is 2.21. The van der Waals surface area contributed by atoms with E-state index in [1.165, 1.54) is 17.4 Å². The molecule has 1 aromatic heterocycles. The Balaban J connectivity index is 2.01. The quantitative estimate of drug-likeness (QED) is 0.592. The van der Waals surface area contributed by atoms with Gasteiger partial charge >= 0.3 is 0 Å². The molecule has 0 amide bonds. The molecule has 0 radical (unpaired) electrons. The fourth-order valence-corrected chi connectivity index (χ4v) is 3.66. The van der Waals surface area contributed by atoms with E-state index in [0.29, 0.717) is 22.8 Å². The predicted molar refractivity (Wildman–Crippen MR) is 84.0 cm³/mol. The minimum atomic E-state index is -0.295. The molecule has 1 nitrogen and oxygen atoms in total. The zero-order chi connectivity index (χ0) is 14.1. The van der Waals surface area contributed by atoms with Crippen molar-refractivity contribution in [3.63, 3.8) is 0 Å². The van der Waals surface area contributed by atoms with Gasteiger partial charge in [0.15, 0.2) is 5.78 Å². The Morgan fingerprint density at radius 3 is 2.60 bits per heavy atom. The van der Waals surface area contributed by atoms with Gasteiger partial charge in [0.25, 0.3) is 0 Å². The van der Waals surface area contributed by atoms with Gasteiger partial charge in [-0.3, -0.25) is 4.79 Å². The monoisotopic (exact) mass is 348 g/mol. The van der Waals surface area contributed by atoms with E-state index in [1.54, 1.807) is 24.3 Å². The smallest absolute Gasteiger partial charge is 0.168 e. The van der Waals surface area contributed by atoms with Gasteiger partial charge in [0, 0.05) is 32.1 Å². The van der Waals surface area contributed by atoms with Gasteiger partial charge in [0.2, 0.25) is 0 Å². The van der Waals surface area contributed by atoms with E-state index in [4.69, 9.17) is 0 Å². The maximum absolute atomic E-state index is 13.7. The van der Waals surface area contributed by atoms with Gasteiger partial charge < -0.3 is 0 Å². The van der Waals surface area contributed by atoms with Crippen LogP contribution >= 0.6 is 27.3 Å². The summed E-state index contributed by atoms with van der Waals surface area (Å²) < 4.78 is 14.7. The lowest BCUT2D eigenvalue weighted by atomic mass is 9.99. The van der Waals surface area contributed by atoms with Crippen LogP contribution in [0.2, 0.25) is 0 Å². The van der Waals surface area contributed by atoms with Crippen molar-refractivity contribution in [3.05, 3.63) is 68.6 Å². The maximum Gasteiger partial charge on any atom is 0.168 e. The van der Waals surface area contributed by atoms with Gasteiger partial charge in [-0.1, -0.05) is 24.3 Å². The Kier molecular flexibility index (Phi) is 3.68. The summed E-state index contributed by atoms with van der Waals surface area (Å²) in [7, 11) is 0. The van der Waals surface area contributed by atoms with Gasteiger partial charge in [0.1, 0.15) is 5.82 Å². The average Bonchev–Trinajstić information content (AvgIpc) is 2.84. The van der Waals surface area contributed by atoms with Crippen LogP contribution in [0, 0.1) is 5.82 Å². The first kappa shape index (κ1) is 13.5. The zero-order valence-corrected chi connectivity index (χ0v) is 12.8. The van der Waals surface area contributed by atoms with Crippen LogP contribution in [0.5, 0.6) is 0 Å². The maximum atomic E-state index is 13.7. The number of benzene rings is 2. The van der Waals surface area contributed by atoms with Crippen molar-refractivity contribution in [2.24, 2.45) is 0 Å². The summed E-state index contributed by atoms with van der Waals surface area (Å²) in [5.41, 5.74) is 0.575. The van der Waals surface area contributed by atoms with Crippen molar-refractivity contribution >= 4 is 43.8 Å². The Labute approximate surface area is 128 Å². The first-order valence-electron chi connectivity index (χ1n) is 6.08. The lowest BCUT2D eigenvalue weighted by Gasteiger charge is -2.06. The average molecular weight is 349 g/mol. The molecular weight excluding hydrogens is 339 g/mol. The lowest BCUT2D eigenvalue weighted by molar-refractivity contribution is 0.0995. The summed E-state index contributed by atoms with van der Waals surface area (Å²) >= 11 is 4.92. The molecule has 0 unspecified atom stereocenters. The summed E-state index contributed by atoms with van der Waals surface area (Å²) in [4.78, 5) is 13.4. The van der Waals surface area contributed by atoms with Crippen molar-refractivity contribution in [1.82, 2.24) is 0 Å². The first-order valence-corrected chi connectivity index (χ1v) is 7.76. The molecule has 0 saturated heterocycles. The van der Waals surface area contributed by atoms with Crippen LogP contribution in [0.3, 0.4) is 0 Å². The van der Waals surface area contributed by atoms with Crippen molar-refractivity contribution in [3.8, 4) is 0 Å². The number of halogens is 2. The SMILES string of the molecule is O=C(Cc1cc(Br)cs1)c1ccc(F)c2ccccc12. The highest BCUT2D eigenvalue weighted by Gasteiger charge is 2.13. The normalized spacial score (nSPS) is 10.9. The first-order chi connectivity index (χ1) is 9.65. The molecule has 4 heteroatoms. The summed E-state index contributed by atoms with van der Waals surface area (Å²) in [5, 5.41) is 3.12. The molecule has 1 heterocycles. The minimum Gasteiger partial charge on any atom is -0.294 e. The number of rotatable bonds is 3. The van der Waals surface area contributed by atoms with E-state index >= 15 is 0 Å². The predicted octanol–water partition coefficient (Wildman–Crippen LogP) is 5.23. The Morgan fingerprint density at radius 2 is 1.90 bits per heavy atom. The molecule has 3 aromatic rings. The van der Waals surface area contributed by atoms with Gasteiger partial charge in [-0.25, -0.2) is 4.39 Å². The highest BCUT2D eigenvalue weighted by atomic mass is 79.9. The number of carbonyl (C=O) groups excluding carboxylic acids is 1. The molecule has 0 atom stereocenters. The molecule has 3 rings (SSSR count). The van der Waals surface area contributed by atoms with Crippen LogP contribution in [0.4, 0.5) is 4.39 Å². The fraction of sp³-hybridized carbons (Fsp3) is 0.0625. The van der Waals surface area contributed by atoms with Crippen LogP contribution in [-0.2, 0) is 6.42 Å². The highest BCUT2D eigenvalue weighted by Crippen LogP contribution is 2.25. The van der Waals surface area contributed by atoms with E-state index in [-0.39, 0.29) is 11.6 Å². The molecule has 0 aliphatic rings. The molecule has 0 bridgehead atoms. The summed E-state index contributed by atoms with van der Waals surface area (Å²) in [6.07, 6.45) is 0.339. The minimum absolute atomic E-state index is 0.00977. The Morgan fingerprint density at radius 1 is 1.15 bits per heavy atom. The van der Waals surface area contributed by atoms with Crippen LogP contribution < -0.4 is 0 Å². The summed E-state index contributed by atoms with van der Waals surface area (Å²) in [6, 6.07) is 12.0. The molecule has 0 aliphatic heterocycles. The van der Waals surface area contributed by atoms with Crippen LogP contribution in [0.25, 0.3) is 10.8 Å². The van der Waals surface area contributed by atoms with E-state index in [0.717, 1.165) is 9.35 Å². The standard InChI is InChI=1S/C16H10BrFOS/c17-10-7-11(20-9-10)8-16(19)14-5-6-15(18)13-4-2-1-3-12(13)14/h1-7,9H,8H2. The number of fused-ring (bicyclic) bond motifs is 1. The van der Waals surface area contributed by atoms with Crippen molar-refractivity contribution in [1.29, 1.82) is 0 Å².